The number of aryl methyl sites for hydroxylation is 2. The van der Waals surface area contributed by atoms with Crippen molar-refractivity contribution in [3.05, 3.63) is 34.9 Å². The van der Waals surface area contributed by atoms with E-state index in [2.05, 4.69) is 37.4 Å². The molecule has 0 heterocycles. The fraction of sp³-hybridized carbons (Fsp3) is 0.562. The van der Waals surface area contributed by atoms with Crippen LogP contribution in [0.15, 0.2) is 18.2 Å². The van der Waals surface area contributed by atoms with Gasteiger partial charge in [0.1, 0.15) is 5.60 Å². The van der Waals surface area contributed by atoms with E-state index in [1.54, 1.807) is 0 Å². The molecule has 0 spiro atoms. The number of hydrogen-bond acceptors (Lipinski definition) is 3. The van der Waals surface area contributed by atoms with Crippen LogP contribution in [0, 0.1) is 13.8 Å². The summed E-state index contributed by atoms with van der Waals surface area (Å²) in [7, 11) is 0. The summed E-state index contributed by atoms with van der Waals surface area (Å²) < 4.78 is 5.26. The minimum atomic E-state index is -0.498. The molecule has 4 nitrogen and oxygen atoms in total. The molecule has 0 aliphatic rings. The molecule has 112 valence electrons. The number of carbonyl (C=O) groups excluding carboxylic acids is 1. The summed E-state index contributed by atoms with van der Waals surface area (Å²) in [6.45, 7) is 10.0. The van der Waals surface area contributed by atoms with E-state index in [1.165, 1.54) is 16.7 Å². The smallest absolute Gasteiger partial charge is 0.407 e. The number of alkyl carbamates (subject to hydrolysis) is 1. The molecule has 0 fully saturated rings. The van der Waals surface area contributed by atoms with Gasteiger partial charge in [-0.1, -0.05) is 23.8 Å². The minimum absolute atomic E-state index is 0.120. The van der Waals surface area contributed by atoms with Crippen molar-refractivity contribution in [1.29, 1.82) is 0 Å². The van der Waals surface area contributed by atoms with Crippen molar-refractivity contribution in [2.75, 3.05) is 6.54 Å². The first-order valence-electron chi connectivity index (χ1n) is 6.97. The molecule has 1 unspecified atom stereocenters. The zero-order valence-corrected chi connectivity index (χ0v) is 13.1. The molecule has 0 aliphatic heterocycles. The van der Waals surface area contributed by atoms with Crippen LogP contribution in [0.3, 0.4) is 0 Å². The highest BCUT2D eigenvalue weighted by Gasteiger charge is 2.19. The SMILES string of the molecule is Cc1ccc(C)c(CC(CN)NC(=O)OC(C)(C)C)c1. The zero-order chi connectivity index (χ0) is 15.3. The van der Waals surface area contributed by atoms with Crippen LogP contribution in [0.5, 0.6) is 0 Å². The molecule has 20 heavy (non-hydrogen) atoms. The molecule has 1 aromatic rings. The van der Waals surface area contributed by atoms with E-state index in [9.17, 15) is 4.79 Å². The molecule has 1 atom stereocenters. The van der Waals surface area contributed by atoms with Gasteiger partial charge in [0, 0.05) is 12.6 Å². The normalized spacial score (nSPS) is 12.9. The van der Waals surface area contributed by atoms with Crippen LogP contribution in [0.1, 0.15) is 37.5 Å². The molecule has 0 saturated carbocycles. The molecule has 1 aromatic carbocycles. The molecule has 0 aromatic heterocycles. The van der Waals surface area contributed by atoms with Crippen molar-refractivity contribution in [2.24, 2.45) is 5.73 Å². The summed E-state index contributed by atoms with van der Waals surface area (Å²) in [6, 6.07) is 6.18. The molecular weight excluding hydrogens is 252 g/mol. The van der Waals surface area contributed by atoms with Crippen LogP contribution < -0.4 is 11.1 Å². The fourth-order valence-corrected chi connectivity index (χ4v) is 1.95. The number of amides is 1. The second kappa shape index (κ2) is 6.75. The molecular formula is C16H26N2O2. The maximum Gasteiger partial charge on any atom is 0.407 e. The minimum Gasteiger partial charge on any atom is -0.444 e. The second-order valence-corrected chi connectivity index (χ2v) is 6.21. The first-order chi connectivity index (χ1) is 9.21. The van der Waals surface area contributed by atoms with Crippen LogP contribution in [0.4, 0.5) is 4.79 Å². The van der Waals surface area contributed by atoms with Gasteiger partial charge in [0.05, 0.1) is 0 Å². The number of rotatable bonds is 4. The van der Waals surface area contributed by atoms with E-state index in [-0.39, 0.29) is 6.04 Å². The largest absolute Gasteiger partial charge is 0.444 e. The van der Waals surface area contributed by atoms with E-state index in [1.807, 2.05) is 20.8 Å². The predicted molar refractivity (Wildman–Crippen MR) is 81.8 cm³/mol. The molecule has 1 rings (SSSR count). The van der Waals surface area contributed by atoms with Crippen molar-refractivity contribution >= 4 is 6.09 Å². The summed E-state index contributed by atoms with van der Waals surface area (Å²) in [5, 5.41) is 2.83. The second-order valence-electron chi connectivity index (χ2n) is 6.21. The molecule has 0 aliphatic carbocycles. The Hall–Kier alpha value is -1.55. The van der Waals surface area contributed by atoms with Gasteiger partial charge in [0.25, 0.3) is 0 Å². The highest BCUT2D eigenvalue weighted by molar-refractivity contribution is 5.68. The lowest BCUT2D eigenvalue weighted by atomic mass is 9.99. The van der Waals surface area contributed by atoms with Gasteiger partial charge in [-0.15, -0.1) is 0 Å². The fourth-order valence-electron chi connectivity index (χ4n) is 1.95. The Labute approximate surface area is 121 Å². The topological polar surface area (TPSA) is 64.3 Å². The van der Waals surface area contributed by atoms with Crippen molar-refractivity contribution in [3.63, 3.8) is 0 Å². The van der Waals surface area contributed by atoms with E-state index in [0.29, 0.717) is 13.0 Å². The third-order valence-corrected chi connectivity index (χ3v) is 2.98. The van der Waals surface area contributed by atoms with Crippen molar-refractivity contribution in [2.45, 2.75) is 52.7 Å². The summed E-state index contributed by atoms with van der Waals surface area (Å²) in [5.41, 5.74) is 8.87. The number of nitrogens with two attached hydrogens (primary N) is 1. The summed E-state index contributed by atoms with van der Waals surface area (Å²) >= 11 is 0. The summed E-state index contributed by atoms with van der Waals surface area (Å²) in [4.78, 5) is 11.8. The Morgan fingerprint density at radius 2 is 2.00 bits per heavy atom. The number of nitrogens with one attached hydrogen (secondary N) is 1. The lowest BCUT2D eigenvalue weighted by molar-refractivity contribution is 0.0506. The lowest BCUT2D eigenvalue weighted by Crippen LogP contribution is -2.44. The number of carbonyl (C=O) groups is 1. The van der Waals surface area contributed by atoms with Gasteiger partial charge >= 0.3 is 6.09 Å². The van der Waals surface area contributed by atoms with Crippen LogP contribution in [0.25, 0.3) is 0 Å². The third-order valence-electron chi connectivity index (χ3n) is 2.98. The van der Waals surface area contributed by atoms with Crippen LogP contribution >= 0.6 is 0 Å². The maximum atomic E-state index is 11.8. The van der Waals surface area contributed by atoms with E-state index in [0.717, 1.165) is 0 Å². The third kappa shape index (κ3) is 5.61. The van der Waals surface area contributed by atoms with Gasteiger partial charge in [0.15, 0.2) is 0 Å². The molecule has 0 saturated heterocycles. The van der Waals surface area contributed by atoms with Crippen LogP contribution in [-0.2, 0) is 11.2 Å². The lowest BCUT2D eigenvalue weighted by Gasteiger charge is -2.23. The Balaban J connectivity index is 2.68. The van der Waals surface area contributed by atoms with Crippen LogP contribution in [-0.4, -0.2) is 24.3 Å². The Morgan fingerprint density at radius 1 is 1.35 bits per heavy atom. The Bertz CT molecular complexity index is 464. The summed E-state index contributed by atoms with van der Waals surface area (Å²) in [5.74, 6) is 0. The van der Waals surface area contributed by atoms with Gasteiger partial charge in [-0.2, -0.15) is 0 Å². The monoisotopic (exact) mass is 278 g/mol. The zero-order valence-electron chi connectivity index (χ0n) is 13.1. The predicted octanol–water partition coefficient (Wildman–Crippen LogP) is 2.70. The Kier molecular flexibility index (Phi) is 5.57. The van der Waals surface area contributed by atoms with Gasteiger partial charge in [-0.25, -0.2) is 4.79 Å². The van der Waals surface area contributed by atoms with E-state index < -0.39 is 11.7 Å². The van der Waals surface area contributed by atoms with Crippen LogP contribution in [0.2, 0.25) is 0 Å². The molecule has 3 N–H and O–H groups in total. The highest BCUT2D eigenvalue weighted by Crippen LogP contribution is 2.13. The maximum absolute atomic E-state index is 11.8. The van der Waals surface area contributed by atoms with E-state index >= 15 is 0 Å². The van der Waals surface area contributed by atoms with Gasteiger partial charge in [0.2, 0.25) is 0 Å². The number of ether oxygens (including phenoxy) is 1. The summed E-state index contributed by atoms with van der Waals surface area (Å²) in [6.07, 6.45) is 0.293. The number of benzene rings is 1. The van der Waals surface area contributed by atoms with Crippen molar-refractivity contribution in [3.8, 4) is 0 Å². The average molecular weight is 278 g/mol. The highest BCUT2D eigenvalue weighted by atomic mass is 16.6. The van der Waals surface area contributed by atoms with E-state index in [4.69, 9.17) is 10.5 Å². The first kappa shape index (κ1) is 16.5. The average Bonchev–Trinajstić information content (AvgIpc) is 2.30. The number of hydrogen-bond donors (Lipinski definition) is 2. The van der Waals surface area contributed by atoms with Crippen molar-refractivity contribution < 1.29 is 9.53 Å². The molecule has 0 radical (unpaired) electrons. The van der Waals surface area contributed by atoms with Crippen molar-refractivity contribution in [1.82, 2.24) is 5.32 Å². The standard InChI is InChI=1S/C16H26N2O2/c1-11-6-7-12(2)13(8-11)9-14(10-17)18-15(19)20-16(3,4)5/h6-8,14H,9-10,17H2,1-5H3,(H,18,19). The molecule has 0 bridgehead atoms. The first-order valence-corrected chi connectivity index (χ1v) is 6.97. The van der Waals surface area contributed by atoms with Gasteiger partial charge < -0.3 is 15.8 Å². The quantitative estimate of drug-likeness (QED) is 0.890. The molecule has 4 heteroatoms. The molecule has 1 amide bonds. The van der Waals surface area contributed by atoms with Gasteiger partial charge in [-0.3, -0.25) is 0 Å². The van der Waals surface area contributed by atoms with Gasteiger partial charge in [-0.05, 0) is 52.2 Å². The Morgan fingerprint density at radius 3 is 2.55 bits per heavy atom.